The van der Waals surface area contributed by atoms with Crippen molar-refractivity contribution in [1.29, 1.82) is 0 Å². The topological polar surface area (TPSA) is 66.6 Å². The summed E-state index contributed by atoms with van der Waals surface area (Å²) in [6, 6.07) is -0.399. The van der Waals surface area contributed by atoms with E-state index in [4.69, 9.17) is 10.8 Å². The molecule has 3 N–H and O–H groups in total. The number of nitrogens with zero attached hydrogens (tertiary/aromatic N) is 1. The Morgan fingerprint density at radius 1 is 1.10 bits per heavy atom. The molecule has 0 aromatic rings. The molecule has 0 unspecified atom stereocenters. The molecule has 0 aromatic carbocycles. The van der Waals surface area contributed by atoms with Gasteiger partial charge >= 0.3 is 0 Å². The van der Waals surface area contributed by atoms with E-state index < -0.39 is 6.04 Å². The molecule has 20 heavy (non-hydrogen) atoms. The van der Waals surface area contributed by atoms with Gasteiger partial charge < -0.3 is 15.7 Å². The van der Waals surface area contributed by atoms with Gasteiger partial charge in [0.1, 0.15) is 0 Å². The molecule has 0 aliphatic rings. The number of nitrogens with two attached hydrogens (primary N) is 1. The molecule has 4 nitrogen and oxygen atoms in total. The number of carbonyl (C=O) groups excluding carboxylic acids is 1. The van der Waals surface area contributed by atoms with Crippen molar-refractivity contribution < 1.29 is 9.90 Å². The molecular weight excluding hydrogens is 252 g/mol. The molecule has 1 atom stereocenters. The van der Waals surface area contributed by atoms with Gasteiger partial charge in [-0.05, 0) is 25.2 Å². The molecule has 120 valence electrons. The van der Waals surface area contributed by atoms with Crippen molar-refractivity contribution >= 4 is 5.91 Å². The number of amides is 1. The van der Waals surface area contributed by atoms with Crippen molar-refractivity contribution in [2.45, 2.75) is 71.8 Å². The normalized spacial score (nSPS) is 12.7. The van der Waals surface area contributed by atoms with Crippen molar-refractivity contribution in [3.63, 3.8) is 0 Å². The third-order valence-corrected chi connectivity index (χ3v) is 3.47. The molecule has 0 spiro atoms. The fourth-order valence-electron chi connectivity index (χ4n) is 2.34. The quantitative estimate of drug-likeness (QED) is 0.542. The fourth-order valence-corrected chi connectivity index (χ4v) is 2.34. The molecule has 0 radical (unpaired) electrons. The number of hydrogen-bond acceptors (Lipinski definition) is 3. The van der Waals surface area contributed by atoms with Crippen molar-refractivity contribution in [2.24, 2.45) is 11.7 Å². The lowest BCUT2D eigenvalue weighted by Gasteiger charge is -2.26. The summed E-state index contributed by atoms with van der Waals surface area (Å²) in [5.74, 6) is 0.473. The van der Waals surface area contributed by atoms with Crippen molar-refractivity contribution in [2.75, 3.05) is 19.7 Å². The molecule has 0 aromatic heterocycles. The highest BCUT2D eigenvalue weighted by molar-refractivity contribution is 5.81. The minimum absolute atomic E-state index is 0.0441. The van der Waals surface area contributed by atoms with E-state index in [9.17, 15) is 4.79 Å². The van der Waals surface area contributed by atoms with Crippen LogP contribution < -0.4 is 5.73 Å². The number of unbranched alkanes of at least 4 members (excludes halogenated alkanes) is 4. The number of hydrogen-bond donors (Lipinski definition) is 2. The fraction of sp³-hybridized carbons (Fsp3) is 0.938. The van der Waals surface area contributed by atoms with Gasteiger partial charge in [0.05, 0.1) is 6.04 Å². The SMILES string of the molecule is CCCCCCCN(CCCO)C(=O)[C@@H](N)CC(C)C. The third-order valence-electron chi connectivity index (χ3n) is 3.47. The minimum Gasteiger partial charge on any atom is -0.396 e. The molecule has 0 saturated carbocycles. The summed E-state index contributed by atoms with van der Waals surface area (Å²) >= 11 is 0. The first kappa shape index (κ1) is 19.4. The number of aliphatic hydroxyl groups is 1. The van der Waals surface area contributed by atoms with Crippen LogP contribution in [-0.2, 0) is 4.79 Å². The molecule has 0 bridgehead atoms. The predicted molar refractivity (Wildman–Crippen MR) is 84.5 cm³/mol. The maximum absolute atomic E-state index is 12.3. The molecule has 0 saturated heterocycles. The van der Waals surface area contributed by atoms with E-state index in [-0.39, 0.29) is 12.5 Å². The van der Waals surface area contributed by atoms with E-state index in [2.05, 4.69) is 20.8 Å². The maximum atomic E-state index is 12.3. The van der Waals surface area contributed by atoms with Crippen LogP contribution in [0.5, 0.6) is 0 Å². The molecule has 4 heteroatoms. The number of aliphatic hydroxyl groups excluding tert-OH is 1. The van der Waals surface area contributed by atoms with Crippen molar-refractivity contribution in [3.05, 3.63) is 0 Å². The van der Waals surface area contributed by atoms with Gasteiger partial charge in [0, 0.05) is 19.7 Å². The Balaban J connectivity index is 4.20. The first-order valence-corrected chi connectivity index (χ1v) is 8.18. The summed E-state index contributed by atoms with van der Waals surface area (Å²) in [7, 11) is 0. The zero-order chi connectivity index (χ0) is 15.4. The Kier molecular flexibility index (Phi) is 11.8. The minimum atomic E-state index is -0.399. The third kappa shape index (κ3) is 9.32. The number of carbonyl (C=O) groups is 1. The molecule has 0 aliphatic heterocycles. The van der Waals surface area contributed by atoms with E-state index in [0.717, 1.165) is 25.8 Å². The molecule has 1 amide bonds. The summed E-state index contributed by atoms with van der Waals surface area (Å²) in [5, 5.41) is 8.95. The van der Waals surface area contributed by atoms with Crippen molar-refractivity contribution in [1.82, 2.24) is 4.90 Å². The first-order chi connectivity index (χ1) is 9.52. The van der Waals surface area contributed by atoms with Gasteiger partial charge in [0.15, 0.2) is 0 Å². The van der Waals surface area contributed by atoms with Crippen molar-refractivity contribution in [3.8, 4) is 0 Å². The summed E-state index contributed by atoms with van der Waals surface area (Å²) in [6.45, 7) is 7.87. The summed E-state index contributed by atoms with van der Waals surface area (Å²) in [5.41, 5.74) is 5.99. The highest BCUT2D eigenvalue weighted by Crippen LogP contribution is 2.09. The Bertz CT molecular complexity index is 245. The van der Waals surface area contributed by atoms with E-state index in [1.165, 1.54) is 19.3 Å². The lowest BCUT2D eigenvalue weighted by Crippen LogP contribution is -2.45. The predicted octanol–water partition coefficient (Wildman–Crippen LogP) is 2.54. The smallest absolute Gasteiger partial charge is 0.239 e. The molecule has 0 heterocycles. The van der Waals surface area contributed by atoms with Gasteiger partial charge in [-0.1, -0.05) is 46.5 Å². The lowest BCUT2D eigenvalue weighted by molar-refractivity contribution is -0.133. The zero-order valence-corrected chi connectivity index (χ0v) is 13.6. The largest absolute Gasteiger partial charge is 0.396 e. The monoisotopic (exact) mass is 286 g/mol. The Morgan fingerprint density at radius 2 is 1.70 bits per heavy atom. The van der Waals surface area contributed by atoms with Gasteiger partial charge in [-0.2, -0.15) is 0 Å². The zero-order valence-electron chi connectivity index (χ0n) is 13.6. The average Bonchev–Trinajstić information content (AvgIpc) is 2.40. The van der Waals surface area contributed by atoms with Crippen LogP contribution >= 0.6 is 0 Å². The van der Waals surface area contributed by atoms with Crippen LogP contribution in [0.25, 0.3) is 0 Å². The van der Waals surface area contributed by atoms with Crippen LogP contribution in [0.4, 0.5) is 0 Å². The van der Waals surface area contributed by atoms with E-state index >= 15 is 0 Å². The van der Waals surface area contributed by atoms with Crippen LogP contribution in [0.3, 0.4) is 0 Å². The van der Waals surface area contributed by atoms with Crippen LogP contribution in [0.2, 0.25) is 0 Å². The second-order valence-electron chi connectivity index (χ2n) is 6.05. The lowest BCUT2D eigenvalue weighted by atomic mass is 10.0. The molecule has 0 rings (SSSR count). The van der Waals surface area contributed by atoms with Gasteiger partial charge in [-0.15, -0.1) is 0 Å². The second kappa shape index (κ2) is 12.2. The molecular formula is C16H34N2O2. The van der Waals surface area contributed by atoms with Gasteiger partial charge in [-0.25, -0.2) is 0 Å². The summed E-state index contributed by atoms with van der Waals surface area (Å²) in [6.07, 6.45) is 7.28. The standard InChI is InChI=1S/C16H34N2O2/c1-4-5-6-7-8-10-18(11-9-12-19)16(20)15(17)13-14(2)3/h14-15,19H,4-13,17H2,1-3H3/t15-/m0/s1. The van der Waals surface area contributed by atoms with Gasteiger partial charge in [0.25, 0.3) is 0 Å². The van der Waals surface area contributed by atoms with Crippen LogP contribution in [0, 0.1) is 5.92 Å². The highest BCUT2D eigenvalue weighted by Gasteiger charge is 2.21. The second-order valence-corrected chi connectivity index (χ2v) is 6.05. The maximum Gasteiger partial charge on any atom is 0.239 e. The summed E-state index contributed by atoms with van der Waals surface area (Å²) in [4.78, 5) is 14.2. The molecule has 0 aliphatic carbocycles. The van der Waals surface area contributed by atoms with Crippen LogP contribution in [-0.4, -0.2) is 41.7 Å². The average molecular weight is 286 g/mol. The van der Waals surface area contributed by atoms with Crippen LogP contribution in [0.15, 0.2) is 0 Å². The molecule has 0 fully saturated rings. The van der Waals surface area contributed by atoms with Gasteiger partial charge in [0.2, 0.25) is 5.91 Å². The highest BCUT2D eigenvalue weighted by atomic mass is 16.3. The Morgan fingerprint density at radius 3 is 2.25 bits per heavy atom. The van der Waals surface area contributed by atoms with E-state index in [0.29, 0.717) is 18.9 Å². The summed E-state index contributed by atoms with van der Waals surface area (Å²) < 4.78 is 0. The number of rotatable bonds is 12. The first-order valence-electron chi connectivity index (χ1n) is 8.18. The van der Waals surface area contributed by atoms with Crippen LogP contribution in [0.1, 0.15) is 65.7 Å². The van der Waals surface area contributed by atoms with E-state index in [1.54, 1.807) is 0 Å². The Hall–Kier alpha value is -0.610. The van der Waals surface area contributed by atoms with E-state index in [1.807, 2.05) is 4.90 Å². The van der Waals surface area contributed by atoms with Gasteiger partial charge in [-0.3, -0.25) is 4.79 Å². The Labute approximate surface area is 124 Å².